The van der Waals surface area contributed by atoms with Crippen molar-refractivity contribution in [2.45, 2.75) is 70.7 Å². The number of amides is 3. The van der Waals surface area contributed by atoms with Crippen molar-refractivity contribution in [1.82, 2.24) is 9.80 Å². The predicted molar refractivity (Wildman–Crippen MR) is 177 cm³/mol. The minimum Gasteiger partial charge on any atom is -0.497 e. The van der Waals surface area contributed by atoms with Gasteiger partial charge in [0.05, 0.1) is 32.9 Å². The highest BCUT2D eigenvalue weighted by Gasteiger charge is 2.43. The second-order valence-electron chi connectivity index (χ2n) is 13.0. The van der Waals surface area contributed by atoms with Crippen molar-refractivity contribution in [3.05, 3.63) is 95.1 Å². The topological polar surface area (TPSA) is 106 Å². The molecule has 2 aliphatic rings. The summed E-state index contributed by atoms with van der Waals surface area (Å²) in [5.41, 5.74) is 3.70. The maximum absolute atomic E-state index is 14.6. The number of esters is 1. The van der Waals surface area contributed by atoms with Gasteiger partial charge in [0, 0.05) is 25.6 Å². The number of hydrogen-bond donors (Lipinski definition) is 0. The molecule has 2 heterocycles. The van der Waals surface area contributed by atoms with Gasteiger partial charge in [-0.25, -0.2) is 4.79 Å². The summed E-state index contributed by atoms with van der Waals surface area (Å²) in [5.74, 6) is -0.358. The Labute approximate surface area is 276 Å². The first kappa shape index (κ1) is 33.5. The fourth-order valence-corrected chi connectivity index (χ4v) is 6.28. The third kappa shape index (κ3) is 7.93. The Balaban J connectivity index is 1.45. The third-order valence-electron chi connectivity index (χ3n) is 8.60. The minimum atomic E-state index is -0.895. The molecule has 0 N–H and O–H groups in total. The molecule has 0 saturated carbocycles. The molecule has 2 aliphatic heterocycles. The lowest BCUT2D eigenvalue weighted by molar-refractivity contribution is -0.147. The quantitative estimate of drug-likeness (QED) is 0.305. The van der Waals surface area contributed by atoms with E-state index >= 15 is 0 Å². The van der Waals surface area contributed by atoms with Gasteiger partial charge in [-0.15, -0.1) is 0 Å². The van der Waals surface area contributed by atoms with Crippen LogP contribution in [-0.2, 0) is 49.7 Å². The number of methoxy groups -OCH3 is 2. The van der Waals surface area contributed by atoms with Crippen LogP contribution in [0, 0.1) is 0 Å². The summed E-state index contributed by atoms with van der Waals surface area (Å²) in [6.45, 7) is 5.66. The summed E-state index contributed by atoms with van der Waals surface area (Å²) in [6.07, 6.45) is 0.667. The van der Waals surface area contributed by atoms with Gasteiger partial charge in [-0.2, -0.15) is 0 Å². The maximum Gasteiger partial charge on any atom is 0.415 e. The second-order valence-corrected chi connectivity index (χ2v) is 13.0. The molecule has 5 rings (SSSR count). The molecule has 0 aromatic heterocycles. The molecule has 10 heteroatoms. The van der Waals surface area contributed by atoms with E-state index in [2.05, 4.69) is 0 Å². The number of fused-ring (bicyclic) bond motifs is 2. The Morgan fingerprint density at radius 2 is 1.57 bits per heavy atom. The van der Waals surface area contributed by atoms with E-state index in [1.807, 2.05) is 66.7 Å². The Hall–Kier alpha value is -4.86. The summed E-state index contributed by atoms with van der Waals surface area (Å²) < 4.78 is 16.1. The first-order valence-electron chi connectivity index (χ1n) is 15.9. The van der Waals surface area contributed by atoms with Gasteiger partial charge in [-0.1, -0.05) is 54.6 Å². The van der Waals surface area contributed by atoms with Crippen molar-refractivity contribution >= 4 is 29.6 Å². The molecule has 3 aromatic rings. The van der Waals surface area contributed by atoms with Gasteiger partial charge in [0.15, 0.2) is 0 Å². The lowest BCUT2D eigenvalue weighted by Gasteiger charge is -2.38. The number of hydrogen-bond acceptors (Lipinski definition) is 7. The molecule has 0 saturated heterocycles. The zero-order chi connectivity index (χ0) is 33.7. The van der Waals surface area contributed by atoms with E-state index in [9.17, 15) is 19.2 Å². The number of nitrogens with zero attached hydrogens (tertiary/aromatic N) is 3. The number of carbonyl (C=O) groups excluding carboxylic acids is 4. The molecular weight excluding hydrogens is 598 g/mol. The molecule has 0 aliphatic carbocycles. The van der Waals surface area contributed by atoms with Crippen molar-refractivity contribution in [3.63, 3.8) is 0 Å². The Morgan fingerprint density at radius 1 is 0.872 bits per heavy atom. The number of rotatable bonds is 9. The second kappa shape index (κ2) is 14.3. The van der Waals surface area contributed by atoms with Gasteiger partial charge >= 0.3 is 12.1 Å². The van der Waals surface area contributed by atoms with E-state index in [-0.39, 0.29) is 31.3 Å². The molecule has 3 amide bonds. The maximum atomic E-state index is 14.6. The van der Waals surface area contributed by atoms with Crippen LogP contribution in [0.4, 0.5) is 10.5 Å². The molecule has 0 radical (unpaired) electrons. The van der Waals surface area contributed by atoms with Gasteiger partial charge in [-0.3, -0.25) is 19.3 Å². The zero-order valence-electron chi connectivity index (χ0n) is 27.7. The van der Waals surface area contributed by atoms with E-state index in [4.69, 9.17) is 14.2 Å². The van der Waals surface area contributed by atoms with Crippen molar-refractivity contribution in [3.8, 4) is 5.75 Å². The number of ether oxygens (including phenoxy) is 3. The Morgan fingerprint density at radius 3 is 2.28 bits per heavy atom. The number of benzene rings is 3. The normalized spacial score (nSPS) is 17.0. The van der Waals surface area contributed by atoms with E-state index in [1.54, 1.807) is 38.8 Å². The van der Waals surface area contributed by atoms with Crippen molar-refractivity contribution < 1.29 is 33.4 Å². The van der Waals surface area contributed by atoms with Crippen LogP contribution in [0.5, 0.6) is 5.75 Å². The van der Waals surface area contributed by atoms with Gasteiger partial charge in [0.1, 0.15) is 17.4 Å². The van der Waals surface area contributed by atoms with Crippen LogP contribution in [0.2, 0.25) is 0 Å². The molecule has 47 heavy (non-hydrogen) atoms. The van der Waals surface area contributed by atoms with Crippen LogP contribution in [-0.4, -0.2) is 78.7 Å². The Kier molecular flexibility index (Phi) is 10.2. The van der Waals surface area contributed by atoms with Crippen LogP contribution in [0.25, 0.3) is 0 Å². The first-order valence-corrected chi connectivity index (χ1v) is 15.9. The molecule has 0 spiro atoms. The van der Waals surface area contributed by atoms with Crippen LogP contribution in [0.3, 0.4) is 0 Å². The van der Waals surface area contributed by atoms with Crippen molar-refractivity contribution in [1.29, 1.82) is 0 Å². The Bertz CT molecular complexity index is 1630. The average Bonchev–Trinajstić information content (AvgIpc) is 3.45. The predicted octanol–water partition coefficient (Wildman–Crippen LogP) is 4.95. The number of para-hydroxylation sites is 1. The van der Waals surface area contributed by atoms with E-state index in [0.717, 1.165) is 22.3 Å². The van der Waals surface area contributed by atoms with Gasteiger partial charge in [-0.05, 0) is 74.1 Å². The van der Waals surface area contributed by atoms with Crippen LogP contribution in [0.1, 0.15) is 49.4 Å². The molecular formula is C37H43N3O7. The van der Waals surface area contributed by atoms with Crippen molar-refractivity contribution in [2.24, 2.45) is 0 Å². The third-order valence-corrected chi connectivity index (χ3v) is 8.60. The molecule has 1 unspecified atom stereocenters. The molecule has 3 aromatic carbocycles. The highest BCUT2D eigenvalue weighted by Crippen LogP contribution is 2.34. The molecule has 248 valence electrons. The largest absolute Gasteiger partial charge is 0.497 e. The number of anilines is 1. The highest BCUT2D eigenvalue weighted by atomic mass is 16.6. The lowest BCUT2D eigenvalue weighted by atomic mass is 9.92. The van der Waals surface area contributed by atoms with E-state index in [1.165, 1.54) is 16.9 Å². The summed E-state index contributed by atoms with van der Waals surface area (Å²) >= 11 is 0. The number of carbonyl (C=O) groups is 4. The van der Waals surface area contributed by atoms with E-state index < -0.39 is 29.7 Å². The van der Waals surface area contributed by atoms with Gasteiger partial charge in [0.25, 0.3) is 0 Å². The van der Waals surface area contributed by atoms with Crippen LogP contribution < -0.4 is 9.64 Å². The fraction of sp³-hybridized carbons (Fsp3) is 0.405. The average molecular weight is 642 g/mol. The summed E-state index contributed by atoms with van der Waals surface area (Å²) in [6, 6.07) is 21.5. The lowest BCUT2D eigenvalue weighted by Crippen LogP contribution is -2.55. The van der Waals surface area contributed by atoms with Crippen LogP contribution >= 0.6 is 0 Å². The minimum absolute atomic E-state index is 0.0404. The van der Waals surface area contributed by atoms with E-state index in [0.29, 0.717) is 37.2 Å². The van der Waals surface area contributed by atoms with Gasteiger partial charge < -0.3 is 24.0 Å². The highest BCUT2D eigenvalue weighted by molar-refractivity contribution is 6.01. The SMILES string of the molecule is COC(=O)CC1Cc2ccccc2CN1C(=O)CN(CCc1cccc(OC)c1)C(=O)[C@H]1Cc2ccccc2N1C(=O)OC(C)(C)C. The summed E-state index contributed by atoms with van der Waals surface area (Å²) in [4.78, 5) is 59.4. The summed E-state index contributed by atoms with van der Waals surface area (Å²) in [5, 5.41) is 0. The van der Waals surface area contributed by atoms with Gasteiger partial charge in [0.2, 0.25) is 11.8 Å². The zero-order valence-corrected chi connectivity index (χ0v) is 27.7. The van der Waals surface area contributed by atoms with Crippen molar-refractivity contribution in [2.75, 3.05) is 32.2 Å². The molecule has 0 bridgehead atoms. The molecule has 2 atom stereocenters. The monoisotopic (exact) mass is 641 g/mol. The fourth-order valence-electron chi connectivity index (χ4n) is 6.28. The van der Waals surface area contributed by atoms with Crippen LogP contribution in [0.15, 0.2) is 72.8 Å². The first-order chi connectivity index (χ1) is 22.5. The summed E-state index contributed by atoms with van der Waals surface area (Å²) in [7, 11) is 2.93. The standard InChI is InChI=1S/C37H43N3O7/c1-37(2,3)47-36(44)40-31-16-9-8-13-27(31)21-32(40)35(43)38(18-17-25-11-10-15-30(19-25)45-4)24-33(41)39-23-28-14-7-6-12-26(28)20-29(39)22-34(42)46-5/h6-16,19,29,32H,17-18,20-24H2,1-5H3/t29?,32-/m1/s1. The molecule has 10 nitrogen and oxygen atoms in total. The smallest absolute Gasteiger partial charge is 0.415 e. The molecule has 0 fully saturated rings.